The lowest BCUT2D eigenvalue weighted by atomic mass is 10.2. The Labute approximate surface area is 140 Å². The molecule has 1 N–H and O–H groups in total. The van der Waals surface area contributed by atoms with Gasteiger partial charge in [0.05, 0.1) is 11.7 Å². The molecule has 0 saturated heterocycles. The zero-order valence-corrected chi connectivity index (χ0v) is 13.3. The molecule has 0 fully saturated rings. The largest absolute Gasteiger partial charge is 0.365 e. The van der Waals surface area contributed by atoms with E-state index in [1.165, 1.54) is 10.9 Å². The minimum Gasteiger partial charge on any atom is -0.365 e. The fourth-order valence-electron chi connectivity index (χ4n) is 2.82. The molecule has 118 valence electrons. The van der Waals surface area contributed by atoms with Gasteiger partial charge in [-0.05, 0) is 24.6 Å². The van der Waals surface area contributed by atoms with Gasteiger partial charge in [0.1, 0.15) is 0 Å². The predicted octanol–water partition coefficient (Wildman–Crippen LogP) is 3.74. The molecule has 0 radical (unpaired) electrons. The van der Waals surface area contributed by atoms with Crippen molar-refractivity contribution in [2.24, 2.45) is 0 Å². The first-order valence-electron chi connectivity index (χ1n) is 7.86. The lowest BCUT2D eigenvalue weighted by Gasteiger charge is -2.09. The average Bonchev–Trinajstić information content (AvgIpc) is 2.97. The van der Waals surface area contributed by atoms with E-state index >= 15 is 0 Å². The van der Waals surface area contributed by atoms with Crippen LogP contribution in [0.4, 0.5) is 5.82 Å². The van der Waals surface area contributed by atoms with E-state index in [9.17, 15) is 0 Å². The van der Waals surface area contributed by atoms with Gasteiger partial charge in [0, 0.05) is 17.6 Å². The second-order valence-corrected chi connectivity index (χ2v) is 5.66. The monoisotopic (exact) mass is 315 g/mol. The molecule has 0 amide bonds. The molecule has 0 unspecified atom stereocenters. The Kier molecular flexibility index (Phi) is 3.67. The molecule has 4 aromatic rings. The first kappa shape index (κ1) is 14.4. The van der Waals surface area contributed by atoms with E-state index in [1.54, 1.807) is 6.20 Å². The number of hydrogen-bond donors (Lipinski definition) is 1. The number of benzene rings is 2. The number of hydrogen-bond acceptors (Lipinski definition) is 4. The smallest absolute Gasteiger partial charge is 0.256 e. The van der Waals surface area contributed by atoms with E-state index in [1.807, 2.05) is 41.8 Å². The highest BCUT2D eigenvalue weighted by molar-refractivity contribution is 5.82. The summed E-state index contributed by atoms with van der Waals surface area (Å²) in [5.74, 6) is 1.28. The number of rotatable bonds is 4. The molecule has 4 rings (SSSR count). The fourth-order valence-corrected chi connectivity index (χ4v) is 2.82. The van der Waals surface area contributed by atoms with Gasteiger partial charge in [-0.2, -0.15) is 10.1 Å². The second kappa shape index (κ2) is 6.12. The Morgan fingerprint density at radius 2 is 1.79 bits per heavy atom. The normalized spacial score (nSPS) is 10.9. The maximum atomic E-state index is 4.62. The topological polar surface area (TPSA) is 55.6 Å². The van der Waals surface area contributed by atoms with Crippen molar-refractivity contribution in [1.29, 1.82) is 0 Å². The zero-order chi connectivity index (χ0) is 16.4. The summed E-state index contributed by atoms with van der Waals surface area (Å²) < 4.78 is 2.02. The Hall–Kier alpha value is -3.21. The number of anilines is 1. The third-order valence-corrected chi connectivity index (χ3v) is 3.96. The van der Waals surface area contributed by atoms with Crippen LogP contribution < -0.4 is 5.32 Å². The summed E-state index contributed by atoms with van der Waals surface area (Å²) in [6, 6.07) is 20.5. The van der Waals surface area contributed by atoms with Crippen LogP contribution in [0.15, 0.2) is 66.9 Å². The van der Waals surface area contributed by atoms with Gasteiger partial charge in [-0.15, -0.1) is 5.10 Å². The number of fused-ring (bicyclic) bond motifs is 1. The maximum absolute atomic E-state index is 4.62. The minimum atomic E-state index is 0.576. The van der Waals surface area contributed by atoms with Gasteiger partial charge in [0.15, 0.2) is 5.82 Å². The van der Waals surface area contributed by atoms with Crippen LogP contribution in [-0.4, -0.2) is 19.7 Å². The summed E-state index contributed by atoms with van der Waals surface area (Å²) in [5, 5.41) is 12.8. The van der Waals surface area contributed by atoms with Crippen molar-refractivity contribution < 1.29 is 0 Å². The number of aromatic nitrogens is 4. The zero-order valence-electron chi connectivity index (χ0n) is 13.3. The van der Waals surface area contributed by atoms with Crippen molar-refractivity contribution in [2.45, 2.75) is 13.5 Å². The summed E-state index contributed by atoms with van der Waals surface area (Å²) in [6.45, 7) is 2.75. The van der Waals surface area contributed by atoms with Crippen LogP contribution >= 0.6 is 0 Å². The van der Waals surface area contributed by atoms with E-state index in [4.69, 9.17) is 0 Å². The molecule has 0 aliphatic heterocycles. The number of nitrogens with one attached hydrogen (secondary N) is 1. The Bertz CT molecular complexity index is 975. The molecule has 0 aliphatic rings. The van der Waals surface area contributed by atoms with Crippen molar-refractivity contribution in [3.63, 3.8) is 0 Å². The molecule has 0 bridgehead atoms. The molecular formula is C19H17N5. The lowest BCUT2D eigenvalue weighted by molar-refractivity contribution is 0.854. The molecular weight excluding hydrogens is 298 g/mol. The van der Waals surface area contributed by atoms with Crippen molar-refractivity contribution >= 4 is 16.7 Å². The summed E-state index contributed by atoms with van der Waals surface area (Å²) in [5.41, 5.74) is 3.36. The number of para-hydroxylation sites is 1. The van der Waals surface area contributed by atoms with Crippen LogP contribution in [0.3, 0.4) is 0 Å². The highest BCUT2D eigenvalue weighted by Crippen LogP contribution is 2.22. The van der Waals surface area contributed by atoms with Crippen LogP contribution in [0.5, 0.6) is 0 Å². The third kappa shape index (κ3) is 2.72. The Morgan fingerprint density at radius 1 is 1.00 bits per heavy atom. The summed E-state index contributed by atoms with van der Waals surface area (Å²) in [6.07, 6.45) is 1.65. The van der Waals surface area contributed by atoms with Crippen LogP contribution in [0.2, 0.25) is 0 Å². The van der Waals surface area contributed by atoms with E-state index in [-0.39, 0.29) is 0 Å². The van der Waals surface area contributed by atoms with Gasteiger partial charge in [-0.25, -0.2) is 0 Å². The molecule has 0 spiro atoms. The number of aryl methyl sites for hydroxylation is 1. The highest BCUT2D eigenvalue weighted by atomic mass is 15.3. The van der Waals surface area contributed by atoms with Gasteiger partial charge in [-0.3, -0.25) is 4.57 Å². The number of nitrogens with zero attached hydrogens (tertiary/aromatic N) is 4. The van der Waals surface area contributed by atoms with Crippen molar-refractivity contribution in [3.05, 3.63) is 78.1 Å². The van der Waals surface area contributed by atoms with E-state index in [0.717, 1.165) is 11.2 Å². The molecule has 5 heteroatoms. The molecule has 2 aromatic heterocycles. The summed E-state index contributed by atoms with van der Waals surface area (Å²) in [4.78, 5) is 4.62. The van der Waals surface area contributed by atoms with Gasteiger partial charge in [0.2, 0.25) is 0 Å². The standard InChI is InChI=1S/C19H17N5/c1-14-11-16-9-5-6-10-17(16)24(14)19-22-18(13-21-23-19)20-12-15-7-3-2-4-8-15/h2-11,13H,12H2,1H3,(H,20,22,23). The van der Waals surface area contributed by atoms with Crippen LogP contribution in [0.1, 0.15) is 11.3 Å². The minimum absolute atomic E-state index is 0.576. The fraction of sp³-hybridized carbons (Fsp3) is 0.105. The third-order valence-electron chi connectivity index (χ3n) is 3.96. The SMILES string of the molecule is Cc1cc2ccccc2n1-c1nncc(NCc2ccccc2)n1. The molecule has 0 aliphatic carbocycles. The molecule has 2 aromatic carbocycles. The average molecular weight is 315 g/mol. The Balaban J connectivity index is 1.66. The first-order valence-corrected chi connectivity index (χ1v) is 7.86. The van der Waals surface area contributed by atoms with E-state index in [2.05, 4.69) is 50.8 Å². The van der Waals surface area contributed by atoms with Crippen LogP contribution in [-0.2, 0) is 6.54 Å². The highest BCUT2D eigenvalue weighted by Gasteiger charge is 2.10. The van der Waals surface area contributed by atoms with Crippen molar-refractivity contribution in [3.8, 4) is 5.95 Å². The quantitative estimate of drug-likeness (QED) is 0.623. The second-order valence-electron chi connectivity index (χ2n) is 5.66. The van der Waals surface area contributed by atoms with Crippen molar-refractivity contribution in [2.75, 3.05) is 5.32 Å². The predicted molar refractivity (Wildman–Crippen MR) is 95.2 cm³/mol. The van der Waals surface area contributed by atoms with Crippen LogP contribution in [0, 0.1) is 6.92 Å². The van der Waals surface area contributed by atoms with Crippen molar-refractivity contribution in [1.82, 2.24) is 19.7 Å². The molecule has 5 nitrogen and oxygen atoms in total. The summed E-state index contributed by atoms with van der Waals surface area (Å²) >= 11 is 0. The van der Waals surface area contributed by atoms with Gasteiger partial charge < -0.3 is 5.32 Å². The molecule has 0 saturated carbocycles. The van der Waals surface area contributed by atoms with E-state index < -0.39 is 0 Å². The molecule has 0 atom stereocenters. The maximum Gasteiger partial charge on any atom is 0.256 e. The summed E-state index contributed by atoms with van der Waals surface area (Å²) in [7, 11) is 0. The van der Waals surface area contributed by atoms with Gasteiger partial charge >= 0.3 is 0 Å². The lowest BCUT2D eigenvalue weighted by Crippen LogP contribution is -2.08. The van der Waals surface area contributed by atoms with Crippen LogP contribution in [0.25, 0.3) is 16.9 Å². The first-order chi connectivity index (χ1) is 11.8. The Morgan fingerprint density at radius 3 is 2.67 bits per heavy atom. The van der Waals surface area contributed by atoms with Gasteiger partial charge in [0.25, 0.3) is 5.95 Å². The molecule has 2 heterocycles. The van der Waals surface area contributed by atoms with E-state index in [0.29, 0.717) is 18.3 Å². The van der Waals surface area contributed by atoms with Gasteiger partial charge in [-0.1, -0.05) is 48.5 Å². The molecule has 24 heavy (non-hydrogen) atoms.